The Morgan fingerprint density at radius 2 is 1.88 bits per heavy atom. The minimum absolute atomic E-state index is 0.195. The molecule has 0 fully saturated rings. The first kappa shape index (κ1) is 23.0. The van der Waals surface area contributed by atoms with Crippen LogP contribution in [0, 0.1) is 6.92 Å². The Morgan fingerprint density at radius 3 is 2.58 bits per heavy atom. The Hall–Kier alpha value is -3.13. The van der Waals surface area contributed by atoms with Crippen molar-refractivity contribution >= 4 is 28.2 Å². The minimum Gasteiger partial charge on any atom is -0.466 e. The van der Waals surface area contributed by atoms with Crippen LogP contribution in [-0.2, 0) is 28.7 Å². The highest BCUT2D eigenvalue weighted by Crippen LogP contribution is 2.33. The fourth-order valence-corrected chi connectivity index (χ4v) is 4.74. The molecule has 0 amide bonds. The molecule has 0 saturated heterocycles. The lowest BCUT2D eigenvalue weighted by molar-refractivity contribution is -0.143. The van der Waals surface area contributed by atoms with Gasteiger partial charge in [0, 0.05) is 28.6 Å². The molecule has 2 heterocycles. The molecule has 0 unspecified atom stereocenters. The highest BCUT2D eigenvalue weighted by molar-refractivity contribution is 7.15. The van der Waals surface area contributed by atoms with E-state index in [2.05, 4.69) is 15.6 Å². The van der Waals surface area contributed by atoms with E-state index in [9.17, 15) is 18.0 Å². The van der Waals surface area contributed by atoms with Gasteiger partial charge in [0.15, 0.2) is 0 Å². The summed E-state index contributed by atoms with van der Waals surface area (Å²) in [5.41, 5.74) is 3.01. The molecule has 0 spiro atoms. The number of aromatic nitrogens is 2. The van der Waals surface area contributed by atoms with Gasteiger partial charge < -0.3 is 9.30 Å². The summed E-state index contributed by atoms with van der Waals surface area (Å²) < 4.78 is 45.6. The fraction of sp³-hybridized carbons (Fsp3) is 0.280. The Kier molecular flexibility index (Phi) is 6.56. The van der Waals surface area contributed by atoms with Gasteiger partial charge in [0.25, 0.3) is 0 Å². The van der Waals surface area contributed by atoms with Gasteiger partial charge in [-0.05, 0) is 61.5 Å². The number of ether oxygens (including phenoxy) is 1. The SMILES string of the molecule is CCOC(=O)CCc1ccc2c(ccn2Cc2sc(-c3ccc(C(F)(F)F)cc3)nc2C)c1. The largest absolute Gasteiger partial charge is 0.466 e. The van der Waals surface area contributed by atoms with Gasteiger partial charge in [-0.2, -0.15) is 13.2 Å². The van der Waals surface area contributed by atoms with Gasteiger partial charge in [0.05, 0.1) is 24.4 Å². The van der Waals surface area contributed by atoms with Gasteiger partial charge >= 0.3 is 12.1 Å². The van der Waals surface area contributed by atoms with Gasteiger partial charge in [0.1, 0.15) is 5.01 Å². The quantitative estimate of drug-likeness (QED) is 0.283. The maximum absolute atomic E-state index is 12.8. The number of carbonyl (C=O) groups excluding carboxylic acids is 1. The summed E-state index contributed by atoms with van der Waals surface area (Å²) in [6.45, 7) is 4.72. The van der Waals surface area contributed by atoms with E-state index in [0.29, 0.717) is 36.6 Å². The van der Waals surface area contributed by atoms with Crippen molar-refractivity contribution in [2.24, 2.45) is 0 Å². The standard InChI is InChI=1S/C25H23F3N2O2S/c1-3-32-23(31)11-5-17-4-10-21-19(14-17)12-13-30(21)15-22-16(2)29-24(33-22)18-6-8-20(9-7-18)25(26,27)28/h4,6-10,12-14H,3,5,11,15H2,1-2H3. The lowest BCUT2D eigenvalue weighted by Crippen LogP contribution is -2.05. The van der Waals surface area contributed by atoms with Gasteiger partial charge in [-0.3, -0.25) is 4.79 Å². The monoisotopic (exact) mass is 472 g/mol. The molecular weight excluding hydrogens is 449 g/mol. The van der Waals surface area contributed by atoms with Crippen molar-refractivity contribution in [2.75, 3.05) is 6.61 Å². The van der Waals surface area contributed by atoms with E-state index in [1.165, 1.54) is 23.5 Å². The van der Waals surface area contributed by atoms with E-state index in [1.54, 1.807) is 6.92 Å². The molecule has 4 nitrogen and oxygen atoms in total. The van der Waals surface area contributed by atoms with Crippen molar-refractivity contribution in [1.29, 1.82) is 0 Å². The molecule has 0 N–H and O–H groups in total. The lowest BCUT2D eigenvalue weighted by Gasteiger charge is -2.06. The number of alkyl halides is 3. The number of nitrogens with zero attached hydrogens (tertiary/aromatic N) is 2. The van der Waals surface area contributed by atoms with Crippen molar-refractivity contribution in [3.8, 4) is 10.6 Å². The number of fused-ring (bicyclic) bond motifs is 1. The minimum atomic E-state index is -4.35. The first-order valence-electron chi connectivity index (χ1n) is 10.6. The molecule has 8 heteroatoms. The number of hydrogen-bond donors (Lipinski definition) is 0. The number of esters is 1. The van der Waals surface area contributed by atoms with Gasteiger partial charge in [-0.15, -0.1) is 11.3 Å². The van der Waals surface area contributed by atoms with Crippen molar-refractivity contribution in [3.63, 3.8) is 0 Å². The Bertz CT molecular complexity index is 1270. The molecule has 4 rings (SSSR count). The van der Waals surface area contributed by atoms with Crippen LogP contribution in [0.5, 0.6) is 0 Å². The van der Waals surface area contributed by atoms with Gasteiger partial charge in [0.2, 0.25) is 0 Å². The molecule has 172 valence electrons. The predicted molar refractivity (Wildman–Crippen MR) is 123 cm³/mol. The van der Waals surface area contributed by atoms with E-state index in [4.69, 9.17) is 4.74 Å². The third kappa shape index (κ3) is 5.27. The van der Waals surface area contributed by atoms with Crippen LogP contribution in [0.4, 0.5) is 13.2 Å². The van der Waals surface area contributed by atoms with Crippen LogP contribution in [-0.4, -0.2) is 22.1 Å². The van der Waals surface area contributed by atoms with Crippen LogP contribution < -0.4 is 0 Å². The van der Waals surface area contributed by atoms with Crippen molar-refractivity contribution < 1.29 is 22.7 Å². The lowest BCUT2D eigenvalue weighted by atomic mass is 10.1. The molecular formula is C25H23F3N2O2S. The summed E-state index contributed by atoms with van der Waals surface area (Å²) in [5, 5.41) is 1.79. The molecule has 0 bridgehead atoms. The molecule has 2 aromatic carbocycles. The molecule has 0 aliphatic heterocycles. The third-order valence-electron chi connectivity index (χ3n) is 5.42. The average Bonchev–Trinajstić information content (AvgIpc) is 3.35. The summed E-state index contributed by atoms with van der Waals surface area (Å²) in [4.78, 5) is 17.2. The van der Waals surface area contributed by atoms with E-state index in [0.717, 1.165) is 39.2 Å². The van der Waals surface area contributed by atoms with E-state index >= 15 is 0 Å². The summed E-state index contributed by atoms with van der Waals surface area (Å²) >= 11 is 1.49. The van der Waals surface area contributed by atoms with Crippen LogP contribution >= 0.6 is 11.3 Å². The normalized spacial score (nSPS) is 11.8. The first-order chi connectivity index (χ1) is 15.7. The van der Waals surface area contributed by atoms with E-state index in [-0.39, 0.29) is 5.97 Å². The highest BCUT2D eigenvalue weighted by Gasteiger charge is 2.30. The maximum atomic E-state index is 12.8. The Labute approximate surface area is 193 Å². The van der Waals surface area contributed by atoms with Gasteiger partial charge in [-0.25, -0.2) is 4.98 Å². The molecule has 4 aromatic rings. The Morgan fingerprint density at radius 1 is 1.12 bits per heavy atom. The maximum Gasteiger partial charge on any atom is 0.416 e. The van der Waals surface area contributed by atoms with Crippen LogP contribution in [0.15, 0.2) is 54.7 Å². The van der Waals surface area contributed by atoms with E-state index in [1.807, 2.05) is 31.3 Å². The fourth-order valence-electron chi connectivity index (χ4n) is 3.68. The second-order valence-electron chi connectivity index (χ2n) is 7.74. The van der Waals surface area contributed by atoms with Crippen molar-refractivity contribution in [1.82, 2.24) is 9.55 Å². The molecule has 0 aliphatic carbocycles. The molecule has 0 atom stereocenters. The topological polar surface area (TPSA) is 44.1 Å². The van der Waals surface area contributed by atoms with Crippen LogP contribution in [0.1, 0.15) is 35.0 Å². The summed E-state index contributed by atoms with van der Waals surface area (Å²) in [6, 6.07) is 13.3. The zero-order valence-electron chi connectivity index (χ0n) is 18.3. The summed E-state index contributed by atoms with van der Waals surface area (Å²) in [6.07, 6.45) is -1.36. The summed E-state index contributed by atoms with van der Waals surface area (Å²) in [7, 11) is 0. The van der Waals surface area contributed by atoms with Crippen LogP contribution in [0.25, 0.3) is 21.5 Å². The molecule has 0 aliphatic rings. The number of hydrogen-bond acceptors (Lipinski definition) is 4. The Balaban J connectivity index is 1.50. The molecule has 0 radical (unpaired) electrons. The number of carbonyl (C=O) groups is 1. The molecule has 33 heavy (non-hydrogen) atoms. The molecule has 2 aromatic heterocycles. The second-order valence-corrected chi connectivity index (χ2v) is 8.83. The van der Waals surface area contributed by atoms with Crippen LogP contribution in [0.3, 0.4) is 0 Å². The zero-order valence-corrected chi connectivity index (χ0v) is 19.1. The van der Waals surface area contributed by atoms with Crippen LogP contribution in [0.2, 0.25) is 0 Å². The number of aryl methyl sites for hydroxylation is 2. The third-order valence-corrected chi connectivity index (χ3v) is 6.62. The summed E-state index contributed by atoms with van der Waals surface area (Å²) in [5.74, 6) is -0.195. The first-order valence-corrected chi connectivity index (χ1v) is 11.4. The second kappa shape index (κ2) is 9.39. The number of halogens is 3. The number of thiazole rings is 1. The smallest absolute Gasteiger partial charge is 0.416 e. The van der Waals surface area contributed by atoms with Crippen molar-refractivity contribution in [3.05, 3.63) is 76.4 Å². The number of rotatable bonds is 7. The highest BCUT2D eigenvalue weighted by atomic mass is 32.1. The molecule has 0 saturated carbocycles. The zero-order chi connectivity index (χ0) is 23.6. The van der Waals surface area contributed by atoms with E-state index < -0.39 is 11.7 Å². The average molecular weight is 473 g/mol. The van der Waals surface area contributed by atoms with Gasteiger partial charge in [-0.1, -0.05) is 18.2 Å². The number of benzene rings is 2. The predicted octanol–water partition coefficient (Wildman–Crippen LogP) is 6.64. The van der Waals surface area contributed by atoms with Crippen molar-refractivity contribution in [2.45, 2.75) is 39.4 Å².